The Kier molecular flexibility index (Phi) is 4.31. The number of rotatable bonds is 2. The molecule has 3 nitrogen and oxygen atoms in total. The van der Waals surface area contributed by atoms with Crippen molar-refractivity contribution in [2.24, 2.45) is 5.73 Å². The topological polar surface area (TPSA) is 50.9 Å². The molecule has 0 atom stereocenters. The van der Waals surface area contributed by atoms with Gasteiger partial charge in [0.1, 0.15) is 0 Å². The second-order valence-electron chi connectivity index (χ2n) is 4.05. The van der Waals surface area contributed by atoms with Gasteiger partial charge < -0.3 is 11.1 Å². The number of aromatic nitrogens is 1. The van der Waals surface area contributed by atoms with Gasteiger partial charge >= 0.3 is 0 Å². The zero-order valence-electron chi connectivity index (χ0n) is 11.4. The van der Waals surface area contributed by atoms with E-state index in [0.717, 1.165) is 17.6 Å². The van der Waals surface area contributed by atoms with Crippen molar-refractivity contribution in [1.82, 2.24) is 4.98 Å². The van der Waals surface area contributed by atoms with Crippen molar-refractivity contribution in [3.63, 3.8) is 0 Å². The van der Waals surface area contributed by atoms with E-state index in [9.17, 15) is 0 Å². The van der Waals surface area contributed by atoms with Crippen molar-refractivity contribution < 1.29 is 0 Å². The van der Waals surface area contributed by atoms with Crippen LogP contribution in [0.3, 0.4) is 0 Å². The number of pyridine rings is 1. The van der Waals surface area contributed by atoms with Crippen LogP contribution in [0.15, 0.2) is 48.5 Å². The van der Waals surface area contributed by atoms with E-state index in [-0.39, 0.29) is 0 Å². The van der Waals surface area contributed by atoms with E-state index < -0.39 is 0 Å². The van der Waals surface area contributed by atoms with Gasteiger partial charge in [-0.05, 0) is 26.1 Å². The van der Waals surface area contributed by atoms with Crippen LogP contribution in [0, 0.1) is 0 Å². The van der Waals surface area contributed by atoms with Crippen LogP contribution in [0.5, 0.6) is 0 Å². The molecular weight excluding hydrogens is 234 g/mol. The molecule has 0 aliphatic carbocycles. The molecule has 0 aliphatic rings. The number of nitrogens with two attached hydrogens (primary N) is 1. The fourth-order valence-electron chi connectivity index (χ4n) is 2.21. The lowest BCUT2D eigenvalue weighted by Gasteiger charge is -2.11. The molecule has 3 N–H and O–H groups in total. The maximum Gasteiger partial charge on any atom is 0.0730 e. The molecular formula is C16H19N3. The number of benzene rings is 2. The number of para-hydroxylation sites is 2. The molecule has 3 heteroatoms. The van der Waals surface area contributed by atoms with Crippen LogP contribution in [0.1, 0.15) is 6.92 Å². The van der Waals surface area contributed by atoms with Crippen LogP contribution in [-0.4, -0.2) is 18.6 Å². The molecule has 1 heterocycles. The van der Waals surface area contributed by atoms with Gasteiger partial charge in [0.25, 0.3) is 0 Å². The van der Waals surface area contributed by atoms with Gasteiger partial charge in [-0.25, -0.2) is 4.98 Å². The number of hydrogen-bond donors (Lipinski definition) is 2. The summed E-state index contributed by atoms with van der Waals surface area (Å²) >= 11 is 0. The highest BCUT2D eigenvalue weighted by Crippen LogP contribution is 2.30. The minimum atomic E-state index is 0.915. The lowest BCUT2D eigenvalue weighted by atomic mass is 10.1. The number of nitrogens with one attached hydrogen (secondary N) is 1. The fraction of sp³-hybridized carbons (Fsp3) is 0.188. The summed E-state index contributed by atoms with van der Waals surface area (Å²) < 4.78 is 0. The lowest BCUT2D eigenvalue weighted by Crippen LogP contribution is -1.99. The summed E-state index contributed by atoms with van der Waals surface area (Å²) in [5.41, 5.74) is 7.78. The number of anilines is 1. The quantitative estimate of drug-likeness (QED) is 0.688. The number of hydrogen-bond acceptors (Lipinski definition) is 3. The Morgan fingerprint density at radius 3 is 1.84 bits per heavy atom. The standard InChI is InChI=1S/C15H14N2.CH5N/c1-2-16-15-11-7-3-5-9-13(11)17-14-10-6-4-8-12(14)15;1-2/h3-10H,2H2,1H3,(H,16,17);2H2,1H3. The van der Waals surface area contributed by atoms with Gasteiger partial charge in [-0.3, -0.25) is 0 Å². The van der Waals surface area contributed by atoms with Crippen LogP contribution < -0.4 is 11.1 Å². The van der Waals surface area contributed by atoms with Crippen molar-refractivity contribution >= 4 is 27.5 Å². The molecule has 0 spiro atoms. The Hall–Kier alpha value is -2.13. The Balaban J connectivity index is 0.000000637. The number of nitrogens with zero attached hydrogens (tertiary/aromatic N) is 1. The molecule has 0 unspecified atom stereocenters. The molecule has 3 aromatic rings. The zero-order chi connectivity index (χ0) is 13.7. The summed E-state index contributed by atoms with van der Waals surface area (Å²) in [5.74, 6) is 0. The molecule has 0 fully saturated rings. The molecule has 0 aliphatic heterocycles. The molecule has 0 amide bonds. The van der Waals surface area contributed by atoms with Gasteiger partial charge in [0.15, 0.2) is 0 Å². The van der Waals surface area contributed by atoms with Gasteiger partial charge in [-0.1, -0.05) is 36.4 Å². The smallest absolute Gasteiger partial charge is 0.0730 e. The third kappa shape index (κ3) is 2.51. The van der Waals surface area contributed by atoms with Gasteiger partial charge in [-0.2, -0.15) is 0 Å². The average molecular weight is 253 g/mol. The maximum absolute atomic E-state index is 4.68. The van der Waals surface area contributed by atoms with Crippen molar-refractivity contribution in [2.45, 2.75) is 6.92 Å². The van der Waals surface area contributed by atoms with Crippen LogP contribution >= 0.6 is 0 Å². The van der Waals surface area contributed by atoms with Crippen molar-refractivity contribution in [2.75, 3.05) is 18.9 Å². The molecule has 19 heavy (non-hydrogen) atoms. The lowest BCUT2D eigenvalue weighted by molar-refractivity contribution is 1.22. The van der Waals surface area contributed by atoms with Gasteiger partial charge in [0.05, 0.1) is 16.7 Å². The molecule has 98 valence electrons. The predicted molar refractivity (Wildman–Crippen MR) is 83.5 cm³/mol. The van der Waals surface area contributed by atoms with Crippen LogP contribution in [0.4, 0.5) is 5.69 Å². The third-order valence-corrected chi connectivity index (χ3v) is 2.94. The van der Waals surface area contributed by atoms with E-state index in [1.54, 1.807) is 0 Å². The first-order valence-electron chi connectivity index (χ1n) is 6.49. The maximum atomic E-state index is 4.68. The average Bonchev–Trinajstić information content (AvgIpc) is 2.49. The highest BCUT2D eigenvalue weighted by molar-refractivity contribution is 6.07. The van der Waals surface area contributed by atoms with Crippen molar-refractivity contribution in [3.8, 4) is 0 Å². The van der Waals surface area contributed by atoms with E-state index in [2.05, 4.69) is 59.4 Å². The normalized spacial score (nSPS) is 10.1. The van der Waals surface area contributed by atoms with E-state index in [4.69, 9.17) is 0 Å². The molecule has 0 bridgehead atoms. The van der Waals surface area contributed by atoms with Crippen LogP contribution in [0.2, 0.25) is 0 Å². The summed E-state index contributed by atoms with van der Waals surface area (Å²) in [4.78, 5) is 4.68. The summed E-state index contributed by atoms with van der Waals surface area (Å²) in [6.07, 6.45) is 0. The third-order valence-electron chi connectivity index (χ3n) is 2.94. The monoisotopic (exact) mass is 253 g/mol. The van der Waals surface area contributed by atoms with Gasteiger partial charge in [-0.15, -0.1) is 0 Å². The fourth-order valence-corrected chi connectivity index (χ4v) is 2.21. The first-order chi connectivity index (χ1) is 9.40. The zero-order valence-corrected chi connectivity index (χ0v) is 11.4. The van der Waals surface area contributed by atoms with Crippen molar-refractivity contribution in [1.29, 1.82) is 0 Å². The predicted octanol–water partition coefficient (Wildman–Crippen LogP) is 3.39. The van der Waals surface area contributed by atoms with E-state index >= 15 is 0 Å². The minimum absolute atomic E-state index is 0.915. The molecule has 1 aromatic heterocycles. The summed E-state index contributed by atoms with van der Waals surface area (Å²) in [7, 11) is 1.50. The van der Waals surface area contributed by atoms with E-state index in [0.29, 0.717) is 0 Å². The van der Waals surface area contributed by atoms with Crippen molar-refractivity contribution in [3.05, 3.63) is 48.5 Å². The molecule has 2 aromatic carbocycles. The van der Waals surface area contributed by atoms with Crippen LogP contribution in [-0.2, 0) is 0 Å². The first-order valence-corrected chi connectivity index (χ1v) is 6.49. The molecule has 0 saturated carbocycles. The van der Waals surface area contributed by atoms with Gasteiger partial charge in [0.2, 0.25) is 0 Å². The van der Waals surface area contributed by atoms with Crippen LogP contribution in [0.25, 0.3) is 21.8 Å². The first kappa shape index (κ1) is 13.3. The SMILES string of the molecule is CCNc1c2ccccc2nc2ccccc12.CN. The summed E-state index contributed by atoms with van der Waals surface area (Å²) in [5, 5.41) is 5.83. The van der Waals surface area contributed by atoms with E-state index in [1.165, 1.54) is 23.5 Å². The van der Waals surface area contributed by atoms with Gasteiger partial charge in [0, 0.05) is 17.3 Å². The molecule has 0 radical (unpaired) electrons. The minimum Gasteiger partial charge on any atom is -0.384 e. The summed E-state index contributed by atoms with van der Waals surface area (Å²) in [6, 6.07) is 16.5. The highest BCUT2D eigenvalue weighted by Gasteiger charge is 2.06. The molecule has 0 saturated heterocycles. The molecule has 3 rings (SSSR count). The second-order valence-corrected chi connectivity index (χ2v) is 4.05. The largest absolute Gasteiger partial charge is 0.384 e. The second kappa shape index (κ2) is 6.16. The highest BCUT2D eigenvalue weighted by atomic mass is 14.9. The Morgan fingerprint density at radius 2 is 1.37 bits per heavy atom. The van der Waals surface area contributed by atoms with E-state index in [1.807, 2.05) is 12.1 Å². The Labute approximate surface area is 113 Å². The Morgan fingerprint density at radius 1 is 0.895 bits per heavy atom. The number of fused-ring (bicyclic) bond motifs is 2. The summed E-state index contributed by atoms with van der Waals surface area (Å²) in [6.45, 7) is 3.03. The Bertz CT molecular complexity index is 623.